The van der Waals surface area contributed by atoms with Crippen LogP contribution in [-0.4, -0.2) is 9.89 Å². The number of nitrogens with zero attached hydrogens (tertiary/aromatic N) is 1. The predicted octanol–water partition coefficient (Wildman–Crippen LogP) is 4.84. The standard InChI is InChI=1S/C19H21NS/c1-14(2)17-18(16-11-7-4-8-12-16)20(19(17)21)13-15-9-5-3-6-10-15/h3-12,14,17-18H,13H2,1-2H3/t17-,18+/m0/s1. The molecule has 1 aliphatic heterocycles. The summed E-state index contributed by atoms with van der Waals surface area (Å²) in [5, 5.41) is 0. The Kier molecular flexibility index (Phi) is 4.07. The lowest BCUT2D eigenvalue weighted by Crippen LogP contribution is -2.55. The molecule has 0 spiro atoms. The first kappa shape index (κ1) is 14.3. The van der Waals surface area contributed by atoms with Gasteiger partial charge in [-0.25, -0.2) is 0 Å². The Hall–Kier alpha value is -1.67. The summed E-state index contributed by atoms with van der Waals surface area (Å²) in [5.74, 6) is 1.06. The van der Waals surface area contributed by atoms with E-state index in [2.05, 4.69) is 79.4 Å². The van der Waals surface area contributed by atoms with E-state index in [1.165, 1.54) is 11.1 Å². The monoisotopic (exact) mass is 295 g/mol. The minimum atomic E-state index is 0.416. The van der Waals surface area contributed by atoms with Crippen LogP contribution >= 0.6 is 12.2 Å². The molecule has 1 fully saturated rings. The number of hydrogen-bond acceptors (Lipinski definition) is 1. The lowest BCUT2D eigenvalue weighted by atomic mass is 9.76. The first-order valence-electron chi connectivity index (χ1n) is 7.58. The molecule has 0 N–H and O–H groups in total. The molecular formula is C19H21NS. The zero-order valence-electron chi connectivity index (χ0n) is 12.6. The van der Waals surface area contributed by atoms with Gasteiger partial charge in [0.15, 0.2) is 0 Å². The van der Waals surface area contributed by atoms with Gasteiger partial charge in [-0.1, -0.05) is 86.7 Å². The van der Waals surface area contributed by atoms with Gasteiger partial charge >= 0.3 is 0 Å². The first-order valence-corrected chi connectivity index (χ1v) is 7.98. The molecule has 0 aliphatic carbocycles. The van der Waals surface area contributed by atoms with Crippen molar-refractivity contribution in [3.05, 3.63) is 71.8 Å². The van der Waals surface area contributed by atoms with Crippen molar-refractivity contribution in [2.24, 2.45) is 11.8 Å². The van der Waals surface area contributed by atoms with Crippen LogP contribution in [0.2, 0.25) is 0 Å². The normalized spacial score (nSPS) is 21.5. The van der Waals surface area contributed by atoms with Crippen LogP contribution in [0.3, 0.4) is 0 Å². The molecular weight excluding hydrogens is 274 g/mol. The van der Waals surface area contributed by atoms with Crippen LogP contribution in [-0.2, 0) is 6.54 Å². The highest BCUT2D eigenvalue weighted by Gasteiger charge is 2.45. The Morgan fingerprint density at radius 3 is 2.10 bits per heavy atom. The van der Waals surface area contributed by atoms with Gasteiger partial charge < -0.3 is 4.90 Å². The summed E-state index contributed by atoms with van der Waals surface area (Å²) in [7, 11) is 0. The number of likely N-dealkylation sites (tertiary alicyclic amines) is 1. The van der Waals surface area contributed by atoms with Crippen LogP contribution in [0.15, 0.2) is 60.7 Å². The van der Waals surface area contributed by atoms with Gasteiger partial charge in [0.25, 0.3) is 0 Å². The van der Waals surface area contributed by atoms with Crippen LogP contribution in [0.4, 0.5) is 0 Å². The Bertz CT molecular complexity index is 606. The first-order chi connectivity index (χ1) is 10.2. The van der Waals surface area contributed by atoms with E-state index in [0.29, 0.717) is 17.9 Å². The van der Waals surface area contributed by atoms with Crippen LogP contribution in [0.5, 0.6) is 0 Å². The summed E-state index contributed by atoms with van der Waals surface area (Å²) >= 11 is 5.70. The molecule has 0 radical (unpaired) electrons. The van der Waals surface area contributed by atoms with E-state index in [1.54, 1.807) is 0 Å². The topological polar surface area (TPSA) is 3.24 Å². The summed E-state index contributed by atoms with van der Waals surface area (Å²) < 4.78 is 0. The molecule has 0 amide bonds. The third-order valence-electron chi connectivity index (χ3n) is 4.30. The van der Waals surface area contributed by atoms with Crippen molar-refractivity contribution < 1.29 is 0 Å². The quantitative estimate of drug-likeness (QED) is 0.742. The largest absolute Gasteiger partial charge is 0.354 e. The third-order valence-corrected chi connectivity index (χ3v) is 4.81. The second-order valence-electron chi connectivity index (χ2n) is 6.08. The van der Waals surface area contributed by atoms with Gasteiger partial charge in [0.05, 0.1) is 11.0 Å². The molecule has 2 aromatic rings. The fourth-order valence-corrected chi connectivity index (χ4v) is 3.80. The summed E-state index contributed by atoms with van der Waals surface area (Å²) in [6.07, 6.45) is 0. The smallest absolute Gasteiger partial charge is 0.0845 e. The average Bonchev–Trinajstić information content (AvgIpc) is 2.51. The number of thiocarbonyl (C=S) groups is 1. The molecule has 3 rings (SSSR count). The highest BCUT2D eigenvalue weighted by atomic mass is 32.1. The molecule has 2 atom stereocenters. The summed E-state index contributed by atoms with van der Waals surface area (Å²) in [4.78, 5) is 3.49. The van der Waals surface area contributed by atoms with E-state index < -0.39 is 0 Å². The van der Waals surface area contributed by atoms with Crippen LogP contribution in [0.1, 0.15) is 31.0 Å². The molecule has 0 bridgehead atoms. The van der Waals surface area contributed by atoms with Crippen molar-refractivity contribution in [3.8, 4) is 0 Å². The van der Waals surface area contributed by atoms with Gasteiger partial charge in [0, 0.05) is 12.5 Å². The molecule has 2 heteroatoms. The molecule has 1 aliphatic rings. The number of hydrogen-bond donors (Lipinski definition) is 0. The Labute approximate surface area is 132 Å². The number of benzene rings is 2. The average molecular weight is 295 g/mol. The van der Waals surface area contributed by atoms with Crippen molar-refractivity contribution in [2.45, 2.75) is 26.4 Å². The van der Waals surface area contributed by atoms with E-state index in [-0.39, 0.29) is 0 Å². The minimum Gasteiger partial charge on any atom is -0.354 e. The third kappa shape index (κ3) is 2.73. The molecule has 1 heterocycles. The molecule has 0 saturated carbocycles. The van der Waals surface area contributed by atoms with Gasteiger partial charge in [-0.3, -0.25) is 0 Å². The molecule has 0 unspecified atom stereocenters. The Morgan fingerprint density at radius 2 is 1.52 bits per heavy atom. The SMILES string of the molecule is CC(C)[C@@H]1C(=S)N(Cc2ccccc2)[C@@H]1c1ccccc1. The zero-order chi connectivity index (χ0) is 14.8. The maximum Gasteiger partial charge on any atom is 0.0845 e. The number of rotatable bonds is 4. The van der Waals surface area contributed by atoms with Gasteiger partial charge in [0.2, 0.25) is 0 Å². The Morgan fingerprint density at radius 1 is 0.952 bits per heavy atom. The zero-order valence-corrected chi connectivity index (χ0v) is 13.4. The lowest BCUT2D eigenvalue weighted by Gasteiger charge is -2.52. The summed E-state index contributed by atoms with van der Waals surface area (Å²) in [5.41, 5.74) is 2.70. The van der Waals surface area contributed by atoms with E-state index in [4.69, 9.17) is 12.2 Å². The molecule has 0 aromatic heterocycles. The van der Waals surface area contributed by atoms with Gasteiger partial charge in [-0.05, 0) is 17.0 Å². The Balaban J connectivity index is 1.87. The molecule has 1 saturated heterocycles. The van der Waals surface area contributed by atoms with E-state index in [0.717, 1.165) is 11.5 Å². The predicted molar refractivity (Wildman–Crippen MR) is 92.1 cm³/mol. The van der Waals surface area contributed by atoms with Crippen molar-refractivity contribution in [2.75, 3.05) is 0 Å². The van der Waals surface area contributed by atoms with E-state index >= 15 is 0 Å². The fourth-order valence-electron chi connectivity index (χ4n) is 3.22. The van der Waals surface area contributed by atoms with Crippen molar-refractivity contribution in [1.29, 1.82) is 0 Å². The van der Waals surface area contributed by atoms with Crippen LogP contribution in [0, 0.1) is 11.8 Å². The highest BCUT2D eigenvalue weighted by Crippen LogP contribution is 2.45. The minimum absolute atomic E-state index is 0.416. The van der Waals surface area contributed by atoms with E-state index in [1.807, 2.05) is 0 Å². The van der Waals surface area contributed by atoms with E-state index in [9.17, 15) is 0 Å². The summed E-state index contributed by atoms with van der Waals surface area (Å²) in [6.45, 7) is 5.45. The van der Waals surface area contributed by atoms with Crippen LogP contribution in [0.25, 0.3) is 0 Å². The second kappa shape index (κ2) is 5.98. The lowest BCUT2D eigenvalue weighted by molar-refractivity contribution is 0.143. The highest BCUT2D eigenvalue weighted by molar-refractivity contribution is 7.80. The van der Waals surface area contributed by atoms with Gasteiger partial charge in [0.1, 0.15) is 0 Å². The molecule has 108 valence electrons. The maximum absolute atomic E-state index is 5.70. The molecule has 1 nitrogen and oxygen atoms in total. The van der Waals surface area contributed by atoms with Crippen LogP contribution < -0.4 is 0 Å². The van der Waals surface area contributed by atoms with Gasteiger partial charge in [-0.15, -0.1) is 0 Å². The molecule has 2 aromatic carbocycles. The fraction of sp³-hybridized carbons (Fsp3) is 0.316. The maximum atomic E-state index is 5.70. The second-order valence-corrected chi connectivity index (χ2v) is 6.50. The van der Waals surface area contributed by atoms with Crippen molar-refractivity contribution in [3.63, 3.8) is 0 Å². The van der Waals surface area contributed by atoms with Crippen molar-refractivity contribution >= 4 is 17.2 Å². The summed E-state index contributed by atoms with van der Waals surface area (Å²) in [6, 6.07) is 21.8. The van der Waals surface area contributed by atoms with Gasteiger partial charge in [-0.2, -0.15) is 0 Å². The van der Waals surface area contributed by atoms with Crippen molar-refractivity contribution in [1.82, 2.24) is 4.90 Å². The molecule has 21 heavy (non-hydrogen) atoms.